The molecule has 28 heavy (non-hydrogen) atoms. The second-order valence-electron chi connectivity index (χ2n) is 6.61. The molecule has 1 unspecified atom stereocenters. The molecule has 0 aliphatic rings. The predicted octanol–water partition coefficient (Wildman–Crippen LogP) is 4.44. The fourth-order valence-corrected chi connectivity index (χ4v) is 2.88. The van der Waals surface area contributed by atoms with Gasteiger partial charge in [0.2, 0.25) is 5.91 Å². The molecule has 144 valence electrons. The molecule has 0 fully saturated rings. The molecule has 0 radical (unpaired) electrons. The number of hydrogen-bond donors (Lipinski definition) is 2. The van der Waals surface area contributed by atoms with E-state index in [1.807, 2.05) is 73.7 Å². The zero-order valence-corrected chi connectivity index (χ0v) is 16.1. The van der Waals surface area contributed by atoms with Crippen LogP contribution in [0.1, 0.15) is 31.9 Å². The first-order chi connectivity index (χ1) is 13.5. The van der Waals surface area contributed by atoms with Crippen molar-refractivity contribution in [2.75, 3.05) is 11.9 Å². The zero-order valence-electron chi connectivity index (χ0n) is 16.1. The molecule has 0 aliphatic heterocycles. The van der Waals surface area contributed by atoms with E-state index in [0.29, 0.717) is 12.2 Å². The summed E-state index contributed by atoms with van der Waals surface area (Å²) < 4.78 is 5.63. The van der Waals surface area contributed by atoms with Crippen molar-refractivity contribution < 1.29 is 14.3 Å². The van der Waals surface area contributed by atoms with Crippen LogP contribution in [0.3, 0.4) is 0 Å². The van der Waals surface area contributed by atoms with Crippen molar-refractivity contribution in [1.82, 2.24) is 5.32 Å². The third-order valence-corrected chi connectivity index (χ3v) is 4.48. The average Bonchev–Trinajstić information content (AvgIpc) is 2.72. The van der Waals surface area contributed by atoms with Crippen LogP contribution >= 0.6 is 0 Å². The molecule has 0 heterocycles. The highest BCUT2D eigenvalue weighted by Crippen LogP contribution is 2.21. The van der Waals surface area contributed by atoms with Gasteiger partial charge in [0.15, 0.2) is 6.61 Å². The number of carbonyl (C=O) groups is 2. The third kappa shape index (κ3) is 5.10. The summed E-state index contributed by atoms with van der Waals surface area (Å²) in [6.07, 6.45) is 0.436. The summed E-state index contributed by atoms with van der Waals surface area (Å²) in [5, 5.41) is 7.93. The van der Waals surface area contributed by atoms with E-state index in [9.17, 15) is 9.59 Å². The van der Waals surface area contributed by atoms with Crippen LogP contribution in [0.15, 0.2) is 66.7 Å². The Balaban J connectivity index is 1.52. The van der Waals surface area contributed by atoms with Gasteiger partial charge in [-0.1, -0.05) is 49.4 Å². The van der Waals surface area contributed by atoms with Gasteiger partial charge >= 0.3 is 0 Å². The first-order valence-corrected chi connectivity index (χ1v) is 9.36. The van der Waals surface area contributed by atoms with Crippen LogP contribution in [0.5, 0.6) is 5.75 Å². The molecule has 0 saturated heterocycles. The lowest BCUT2D eigenvalue weighted by atomic mass is 10.1. The molecule has 2 N–H and O–H groups in total. The molecule has 1 atom stereocenters. The highest BCUT2D eigenvalue weighted by atomic mass is 16.5. The third-order valence-electron chi connectivity index (χ3n) is 4.48. The number of anilines is 1. The molecule has 2 amide bonds. The van der Waals surface area contributed by atoms with E-state index in [1.165, 1.54) is 0 Å². The molecule has 0 aliphatic carbocycles. The first-order valence-electron chi connectivity index (χ1n) is 9.36. The molecule has 0 saturated carbocycles. The summed E-state index contributed by atoms with van der Waals surface area (Å²) >= 11 is 0. The van der Waals surface area contributed by atoms with Crippen molar-refractivity contribution >= 4 is 28.3 Å². The summed E-state index contributed by atoms with van der Waals surface area (Å²) in [4.78, 5) is 23.6. The SMILES string of the molecule is CCC(=O)Nc1ccc(C(C)NC(=O)COc2ccc3ccccc3c2)cc1. The molecule has 5 heteroatoms. The van der Waals surface area contributed by atoms with Gasteiger partial charge in [0.1, 0.15) is 5.75 Å². The van der Waals surface area contributed by atoms with E-state index in [-0.39, 0.29) is 24.5 Å². The minimum Gasteiger partial charge on any atom is -0.484 e. The topological polar surface area (TPSA) is 67.4 Å². The van der Waals surface area contributed by atoms with Crippen LogP contribution in [-0.2, 0) is 9.59 Å². The molecule has 0 bridgehead atoms. The van der Waals surface area contributed by atoms with Gasteiger partial charge in [-0.25, -0.2) is 0 Å². The van der Waals surface area contributed by atoms with Crippen LogP contribution in [0.4, 0.5) is 5.69 Å². The number of amides is 2. The Morgan fingerprint density at radius 1 is 0.929 bits per heavy atom. The summed E-state index contributed by atoms with van der Waals surface area (Å²) in [7, 11) is 0. The average molecular weight is 376 g/mol. The number of benzene rings is 3. The maximum Gasteiger partial charge on any atom is 0.258 e. The molecule has 0 spiro atoms. The molecule has 5 nitrogen and oxygen atoms in total. The number of ether oxygens (including phenoxy) is 1. The monoisotopic (exact) mass is 376 g/mol. The number of hydrogen-bond acceptors (Lipinski definition) is 3. The lowest BCUT2D eigenvalue weighted by molar-refractivity contribution is -0.123. The van der Waals surface area contributed by atoms with E-state index < -0.39 is 0 Å². The second kappa shape index (κ2) is 9.04. The van der Waals surface area contributed by atoms with Crippen LogP contribution in [0.25, 0.3) is 10.8 Å². The van der Waals surface area contributed by atoms with Crippen LogP contribution in [0.2, 0.25) is 0 Å². The minimum atomic E-state index is -0.191. The van der Waals surface area contributed by atoms with Crippen LogP contribution in [-0.4, -0.2) is 18.4 Å². The standard InChI is InChI=1S/C23H24N2O3/c1-3-22(26)25-20-11-8-17(9-12-20)16(2)24-23(27)15-28-21-13-10-18-6-4-5-7-19(18)14-21/h4-14,16H,3,15H2,1-2H3,(H,24,27)(H,25,26). The van der Waals surface area contributed by atoms with Gasteiger partial charge in [-0.3, -0.25) is 9.59 Å². The Bertz CT molecular complexity index is 967. The van der Waals surface area contributed by atoms with Gasteiger partial charge in [-0.15, -0.1) is 0 Å². The lowest BCUT2D eigenvalue weighted by Crippen LogP contribution is -2.31. The Kier molecular flexibility index (Phi) is 6.27. The quantitative estimate of drug-likeness (QED) is 0.640. The van der Waals surface area contributed by atoms with E-state index in [0.717, 1.165) is 22.0 Å². The first kappa shape index (κ1) is 19.4. The number of fused-ring (bicyclic) bond motifs is 1. The van der Waals surface area contributed by atoms with E-state index >= 15 is 0 Å². The van der Waals surface area contributed by atoms with Crippen molar-refractivity contribution in [1.29, 1.82) is 0 Å². The van der Waals surface area contributed by atoms with E-state index in [1.54, 1.807) is 6.92 Å². The smallest absolute Gasteiger partial charge is 0.258 e. The summed E-state index contributed by atoms with van der Waals surface area (Å²) in [5.41, 5.74) is 1.70. The Morgan fingerprint density at radius 3 is 2.36 bits per heavy atom. The van der Waals surface area contributed by atoms with Gasteiger partial charge in [-0.2, -0.15) is 0 Å². The van der Waals surface area contributed by atoms with Crippen molar-refractivity contribution in [3.05, 3.63) is 72.3 Å². The fraction of sp³-hybridized carbons (Fsp3) is 0.217. The van der Waals surface area contributed by atoms with Gasteiger partial charge in [0.25, 0.3) is 5.91 Å². The zero-order chi connectivity index (χ0) is 19.9. The normalized spacial score (nSPS) is 11.6. The van der Waals surface area contributed by atoms with Crippen molar-refractivity contribution in [2.24, 2.45) is 0 Å². The minimum absolute atomic E-state index is 0.0278. The highest BCUT2D eigenvalue weighted by molar-refractivity contribution is 5.90. The summed E-state index contributed by atoms with van der Waals surface area (Å²) in [5.74, 6) is 0.446. The van der Waals surface area contributed by atoms with Crippen molar-refractivity contribution in [3.63, 3.8) is 0 Å². The summed E-state index contributed by atoms with van der Waals surface area (Å²) in [6, 6.07) is 21.0. The molecule has 3 rings (SSSR count). The molecule has 3 aromatic carbocycles. The Hall–Kier alpha value is -3.34. The summed E-state index contributed by atoms with van der Waals surface area (Å²) in [6.45, 7) is 3.67. The Labute approximate surface area is 164 Å². The van der Waals surface area contributed by atoms with Gasteiger partial charge < -0.3 is 15.4 Å². The number of rotatable bonds is 7. The lowest BCUT2D eigenvalue weighted by Gasteiger charge is -2.15. The molecular weight excluding hydrogens is 352 g/mol. The number of carbonyl (C=O) groups excluding carboxylic acids is 2. The van der Waals surface area contributed by atoms with E-state index in [2.05, 4.69) is 10.6 Å². The second-order valence-corrected chi connectivity index (χ2v) is 6.61. The molecule has 0 aromatic heterocycles. The van der Waals surface area contributed by atoms with Crippen molar-refractivity contribution in [3.8, 4) is 5.75 Å². The van der Waals surface area contributed by atoms with Crippen molar-refractivity contribution in [2.45, 2.75) is 26.3 Å². The van der Waals surface area contributed by atoms with Gasteiger partial charge in [-0.05, 0) is 47.5 Å². The maximum absolute atomic E-state index is 12.2. The molecule has 3 aromatic rings. The highest BCUT2D eigenvalue weighted by Gasteiger charge is 2.11. The fourth-order valence-electron chi connectivity index (χ4n) is 2.88. The van der Waals surface area contributed by atoms with Gasteiger partial charge in [0.05, 0.1) is 6.04 Å². The maximum atomic E-state index is 12.2. The van der Waals surface area contributed by atoms with Crippen LogP contribution in [0, 0.1) is 0 Å². The number of nitrogens with one attached hydrogen (secondary N) is 2. The largest absolute Gasteiger partial charge is 0.484 e. The molecular formula is C23H24N2O3. The van der Waals surface area contributed by atoms with E-state index in [4.69, 9.17) is 4.74 Å². The van der Waals surface area contributed by atoms with Gasteiger partial charge in [0, 0.05) is 12.1 Å². The predicted molar refractivity (Wildman–Crippen MR) is 111 cm³/mol. The Morgan fingerprint density at radius 2 is 1.64 bits per heavy atom. The van der Waals surface area contributed by atoms with Crippen LogP contribution < -0.4 is 15.4 Å².